The van der Waals surface area contributed by atoms with Gasteiger partial charge in [-0.2, -0.15) is 0 Å². The molecule has 2 rings (SSSR count). The van der Waals surface area contributed by atoms with Crippen LogP contribution in [0.15, 0.2) is 23.8 Å². The van der Waals surface area contributed by atoms with Crippen molar-refractivity contribution in [2.24, 2.45) is 0 Å². The summed E-state index contributed by atoms with van der Waals surface area (Å²) in [6.45, 7) is 1.38. The van der Waals surface area contributed by atoms with Crippen LogP contribution in [0.2, 0.25) is 0 Å². The quantitative estimate of drug-likeness (QED) is 0.677. The van der Waals surface area contributed by atoms with Crippen LogP contribution in [0.25, 0.3) is 0 Å². The zero-order valence-corrected chi connectivity index (χ0v) is 13.0. The summed E-state index contributed by atoms with van der Waals surface area (Å²) in [5.74, 6) is -0.377. The van der Waals surface area contributed by atoms with E-state index in [0.29, 0.717) is 6.42 Å². The van der Waals surface area contributed by atoms with Crippen LogP contribution < -0.4 is 0 Å². The van der Waals surface area contributed by atoms with Crippen molar-refractivity contribution in [3.05, 3.63) is 23.8 Å². The van der Waals surface area contributed by atoms with Gasteiger partial charge in [-0.3, -0.25) is 9.59 Å². The summed E-state index contributed by atoms with van der Waals surface area (Å²) in [6, 6.07) is 0. The SMILES string of the molecule is CC(=O)O[C@@]12C=CC=C(CCCCCCCCCC1)C2=O. The van der Waals surface area contributed by atoms with E-state index in [9.17, 15) is 9.59 Å². The summed E-state index contributed by atoms with van der Waals surface area (Å²) in [7, 11) is 0. The van der Waals surface area contributed by atoms with Gasteiger partial charge in [0.25, 0.3) is 0 Å². The Morgan fingerprint density at radius 2 is 1.67 bits per heavy atom. The van der Waals surface area contributed by atoms with E-state index in [-0.39, 0.29) is 11.8 Å². The maximum atomic E-state index is 12.8. The second-order valence-corrected chi connectivity index (χ2v) is 6.19. The molecule has 0 radical (unpaired) electrons. The molecule has 0 aromatic rings. The molecule has 2 aliphatic carbocycles. The molecule has 0 heterocycles. The van der Waals surface area contributed by atoms with Crippen molar-refractivity contribution in [2.45, 2.75) is 76.7 Å². The number of allylic oxidation sites excluding steroid dienone is 2. The van der Waals surface area contributed by atoms with Crippen molar-refractivity contribution in [2.75, 3.05) is 0 Å². The van der Waals surface area contributed by atoms with E-state index in [4.69, 9.17) is 4.74 Å². The molecule has 3 nitrogen and oxygen atoms in total. The van der Waals surface area contributed by atoms with Crippen molar-refractivity contribution >= 4 is 11.8 Å². The van der Waals surface area contributed by atoms with Crippen molar-refractivity contribution in [3.8, 4) is 0 Å². The minimum atomic E-state index is -1.04. The average molecular weight is 290 g/mol. The first kappa shape index (κ1) is 16.0. The van der Waals surface area contributed by atoms with Gasteiger partial charge < -0.3 is 4.74 Å². The van der Waals surface area contributed by atoms with Gasteiger partial charge in [0.15, 0.2) is 5.60 Å². The fourth-order valence-electron chi connectivity index (χ4n) is 3.29. The van der Waals surface area contributed by atoms with Crippen LogP contribution in [0, 0.1) is 0 Å². The monoisotopic (exact) mass is 290 g/mol. The molecule has 3 heteroatoms. The molecular formula is C18H26O3. The lowest BCUT2D eigenvalue weighted by molar-refractivity contribution is -0.159. The zero-order valence-electron chi connectivity index (χ0n) is 13.0. The first-order valence-corrected chi connectivity index (χ1v) is 8.27. The fraction of sp³-hybridized carbons (Fsp3) is 0.667. The first-order valence-electron chi connectivity index (χ1n) is 8.27. The Balaban J connectivity index is 2.17. The van der Waals surface area contributed by atoms with Crippen LogP contribution in [0.1, 0.15) is 71.1 Å². The van der Waals surface area contributed by atoms with E-state index < -0.39 is 5.60 Å². The lowest BCUT2D eigenvalue weighted by Crippen LogP contribution is -2.43. The highest BCUT2D eigenvalue weighted by Crippen LogP contribution is 2.32. The number of esters is 1. The summed E-state index contributed by atoms with van der Waals surface area (Å²) >= 11 is 0. The maximum Gasteiger partial charge on any atom is 0.303 e. The molecular weight excluding hydrogens is 264 g/mol. The normalized spacial score (nSPS) is 27.9. The molecule has 2 aliphatic rings. The van der Waals surface area contributed by atoms with Gasteiger partial charge in [0.1, 0.15) is 0 Å². The van der Waals surface area contributed by atoms with Crippen molar-refractivity contribution in [1.29, 1.82) is 0 Å². The zero-order chi connectivity index (χ0) is 15.1. The minimum absolute atomic E-state index is 0.000512. The molecule has 0 aromatic heterocycles. The Hall–Kier alpha value is -1.38. The van der Waals surface area contributed by atoms with Gasteiger partial charge in [0, 0.05) is 6.92 Å². The summed E-state index contributed by atoms with van der Waals surface area (Å²) in [6.07, 6.45) is 16.2. The van der Waals surface area contributed by atoms with Crippen LogP contribution in [-0.4, -0.2) is 17.4 Å². The number of fused-ring (bicyclic) bond motifs is 2. The minimum Gasteiger partial charge on any atom is -0.447 e. The number of ether oxygens (including phenoxy) is 1. The second kappa shape index (κ2) is 7.58. The molecule has 0 N–H and O–H groups in total. The van der Waals surface area contributed by atoms with Gasteiger partial charge in [-0.1, -0.05) is 50.7 Å². The number of hydrogen-bond acceptors (Lipinski definition) is 3. The maximum absolute atomic E-state index is 12.8. The van der Waals surface area contributed by atoms with E-state index in [2.05, 4.69) is 0 Å². The van der Waals surface area contributed by atoms with Gasteiger partial charge in [-0.05, 0) is 37.3 Å². The van der Waals surface area contributed by atoms with Crippen LogP contribution in [-0.2, 0) is 14.3 Å². The second-order valence-electron chi connectivity index (χ2n) is 6.19. The Bertz CT molecular complexity index is 447. The number of rotatable bonds is 1. The number of carbonyl (C=O) groups excluding carboxylic acids is 2. The predicted molar refractivity (Wildman–Crippen MR) is 82.9 cm³/mol. The largest absolute Gasteiger partial charge is 0.447 e. The summed E-state index contributed by atoms with van der Waals surface area (Å²) < 4.78 is 5.48. The molecule has 1 fully saturated rings. The molecule has 0 aliphatic heterocycles. The topological polar surface area (TPSA) is 43.4 Å². The highest BCUT2D eigenvalue weighted by atomic mass is 16.6. The molecule has 1 atom stereocenters. The Morgan fingerprint density at radius 3 is 2.33 bits per heavy atom. The number of carbonyl (C=O) groups is 2. The number of ketones is 1. The van der Waals surface area contributed by atoms with E-state index >= 15 is 0 Å². The van der Waals surface area contributed by atoms with E-state index in [1.54, 1.807) is 6.08 Å². The molecule has 0 aromatic carbocycles. The van der Waals surface area contributed by atoms with Crippen LogP contribution in [0.5, 0.6) is 0 Å². The van der Waals surface area contributed by atoms with Gasteiger partial charge in [-0.25, -0.2) is 0 Å². The molecule has 116 valence electrons. The first-order chi connectivity index (χ1) is 10.1. The summed E-state index contributed by atoms with van der Waals surface area (Å²) in [5, 5.41) is 0. The van der Waals surface area contributed by atoms with Crippen LogP contribution in [0.4, 0.5) is 0 Å². The van der Waals surface area contributed by atoms with Crippen molar-refractivity contribution < 1.29 is 14.3 Å². The molecule has 1 saturated carbocycles. The Kier molecular flexibility index (Phi) is 5.77. The molecule has 0 unspecified atom stereocenters. The summed E-state index contributed by atoms with van der Waals surface area (Å²) in [4.78, 5) is 24.2. The van der Waals surface area contributed by atoms with Crippen LogP contribution >= 0.6 is 0 Å². The van der Waals surface area contributed by atoms with Gasteiger partial charge in [-0.15, -0.1) is 0 Å². The Labute approximate surface area is 127 Å². The third-order valence-electron chi connectivity index (χ3n) is 4.41. The predicted octanol–water partition coefficient (Wildman–Crippen LogP) is 4.27. The molecule has 0 saturated heterocycles. The van der Waals surface area contributed by atoms with Gasteiger partial charge >= 0.3 is 5.97 Å². The van der Waals surface area contributed by atoms with E-state index in [1.807, 2.05) is 12.2 Å². The van der Waals surface area contributed by atoms with Crippen molar-refractivity contribution in [3.63, 3.8) is 0 Å². The van der Waals surface area contributed by atoms with E-state index in [1.165, 1.54) is 39.0 Å². The smallest absolute Gasteiger partial charge is 0.303 e. The molecule has 2 bridgehead atoms. The summed E-state index contributed by atoms with van der Waals surface area (Å²) in [5.41, 5.74) is -0.220. The Morgan fingerprint density at radius 1 is 1.05 bits per heavy atom. The van der Waals surface area contributed by atoms with Gasteiger partial charge in [0.05, 0.1) is 0 Å². The highest BCUT2D eigenvalue weighted by Gasteiger charge is 2.41. The molecule has 0 spiro atoms. The third kappa shape index (κ3) is 4.29. The van der Waals surface area contributed by atoms with Crippen LogP contribution in [0.3, 0.4) is 0 Å². The third-order valence-corrected chi connectivity index (χ3v) is 4.41. The number of Topliss-reactive ketones (excluding diaryl/α,β-unsaturated/α-hetero) is 1. The van der Waals surface area contributed by atoms with Gasteiger partial charge in [0.2, 0.25) is 5.78 Å². The molecule has 0 amide bonds. The fourth-order valence-corrected chi connectivity index (χ4v) is 3.29. The lowest BCUT2D eigenvalue weighted by Gasteiger charge is -2.31. The molecule has 21 heavy (non-hydrogen) atoms. The average Bonchev–Trinajstić information content (AvgIpc) is 2.44. The van der Waals surface area contributed by atoms with E-state index in [0.717, 1.165) is 31.3 Å². The lowest BCUT2D eigenvalue weighted by atomic mass is 9.82. The highest BCUT2D eigenvalue weighted by molar-refractivity contribution is 6.05. The van der Waals surface area contributed by atoms with Crippen molar-refractivity contribution in [1.82, 2.24) is 0 Å². The number of hydrogen-bond donors (Lipinski definition) is 0. The standard InChI is InChI=1S/C18H26O3/c1-15(19)21-18-13-9-7-5-3-2-4-6-8-11-16(17(18)20)12-10-14-18/h10,12,14H,2-9,11,13H2,1H3/t18-/m1/s1.